The van der Waals surface area contributed by atoms with Crippen molar-refractivity contribution in [3.63, 3.8) is 0 Å². The Balaban J connectivity index is 1.28. The van der Waals surface area contributed by atoms with Gasteiger partial charge in [0.25, 0.3) is 5.91 Å². The van der Waals surface area contributed by atoms with Gasteiger partial charge in [-0.05, 0) is 75.2 Å². The highest BCUT2D eigenvalue weighted by molar-refractivity contribution is 5.94. The maximum Gasteiger partial charge on any atom is 0.255 e. The molecule has 186 valence electrons. The molecule has 0 bridgehead atoms. The van der Waals surface area contributed by atoms with Crippen molar-refractivity contribution in [1.29, 1.82) is 0 Å². The van der Waals surface area contributed by atoms with Crippen LogP contribution in [-0.4, -0.2) is 72.9 Å². The van der Waals surface area contributed by atoms with Gasteiger partial charge in [-0.15, -0.1) is 5.10 Å². The lowest BCUT2D eigenvalue weighted by atomic mass is 10.1. The van der Waals surface area contributed by atoms with E-state index in [9.17, 15) is 4.79 Å². The summed E-state index contributed by atoms with van der Waals surface area (Å²) in [5, 5.41) is 11.8. The first-order chi connectivity index (χ1) is 17.4. The fraction of sp³-hybridized carbons (Fsp3) is 0.370. The molecule has 1 fully saturated rings. The number of pyridine rings is 2. The predicted molar refractivity (Wildman–Crippen MR) is 141 cm³/mol. The van der Waals surface area contributed by atoms with Crippen LogP contribution in [0, 0.1) is 0 Å². The molecule has 1 aliphatic heterocycles. The molecule has 0 aliphatic carbocycles. The second-order valence-electron chi connectivity index (χ2n) is 9.74. The Bertz CT molecular complexity index is 1350. The number of carbonyl (C=O) groups is 1. The van der Waals surface area contributed by atoms with Crippen molar-refractivity contribution in [3.05, 3.63) is 60.4 Å². The van der Waals surface area contributed by atoms with E-state index in [2.05, 4.69) is 64.3 Å². The molecule has 0 unspecified atom stereocenters. The summed E-state index contributed by atoms with van der Waals surface area (Å²) >= 11 is 0. The molecule has 0 spiro atoms. The number of rotatable bonds is 6. The summed E-state index contributed by atoms with van der Waals surface area (Å²) in [6, 6.07) is 14.5. The summed E-state index contributed by atoms with van der Waals surface area (Å²) in [7, 11) is 0. The van der Waals surface area contributed by atoms with E-state index in [4.69, 9.17) is 0 Å². The smallest absolute Gasteiger partial charge is 0.255 e. The first-order valence-corrected chi connectivity index (χ1v) is 12.5. The summed E-state index contributed by atoms with van der Waals surface area (Å²) in [5.74, 6) is 1.35. The van der Waals surface area contributed by atoms with Crippen molar-refractivity contribution in [2.45, 2.75) is 39.8 Å². The molecule has 3 aromatic heterocycles. The van der Waals surface area contributed by atoms with Gasteiger partial charge in [-0.2, -0.15) is 0 Å². The van der Waals surface area contributed by atoms with Gasteiger partial charge < -0.3 is 10.2 Å². The molecule has 1 amide bonds. The molecular formula is C27H32N8O. The Hall–Kier alpha value is -3.85. The Morgan fingerprint density at radius 1 is 0.861 bits per heavy atom. The topological polar surface area (TPSA) is 92.1 Å². The van der Waals surface area contributed by atoms with Gasteiger partial charge in [0.15, 0.2) is 0 Å². The number of hydrogen-bond donors (Lipinski definition) is 1. The minimum Gasteiger partial charge on any atom is -0.336 e. The summed E-state index contributed by atoms with van der Waals surface area (Å²) in [6.45, 7) is 11.9. The maximum atomic E-state index is 12.9. The van der Waals surface area contributed by atoms with Crippen LogP contribution in [0.3, 0.4) is 0 Å². The van der Waals surface area contributed by atoms with E-state index in [1.165, 1.54) is 0 Å². The molecule has 4 aromatic rings. The Kier molecular flexibility index (Phi) is 6.65. The molecular weight excluding hydrogens is 452 g/mol. The highest BCUT2D eigenvalue weighted by Crippen LogP contribution is 2.27. The number of carbonyl (C=O) groups excluding carboxylic acids is 1. The van der Waals surface area contributed by atoms with Gasteiger partial charge in [0.2, 0.25) is 0 Å². The molecule has 9 nitrogen and oxygen atoms in total. The second kappa shape index (κ2) is 10.0. The summed E-state index contributed by atoms with van der Waals surface area (Å²) < 4.78 is 1.93. The first kappa shape index (κ1) is 23.9. The average Bonchev–Trinajstić information content (AvgIpc) is 3.33. The number of amides is 1. The van der Waals surface area contributed by atoms with Crippen molar-refractivity contribution in [2.75, 3.05) is 31.5 Å². The van der Waals surface area contributed by atoms with Gasteiger partial charge in [-0.3, -0.25) is 9.69 Å². The van der Waals surface area contributed by atoms with Gasteiger partial charge in [-0.1, -0.05) is 11.3 Å². The highest BCUT2D eigenvalue weighted by atomic mass is 16.2. The number of nitrogens with zero attached hydrogens (tertiary/aromatic N) is 7. The number of nitrogens with one attached hydrogen (secondary N) is 1. The lowest BCUT2D eigenvalue weighted by Crippen LogP contribution is -2.50. The summed E-state index contributed by atoms with van der Waals surface area (Å²) in [4.78, 5) is 26.1. The summed E-state index contributed by atoms with van der Waals surface area (Å²) in [5.41, 5.74) is 4.56. The maximum absolute atomic E-state index is 12.9. The van der Waals surface area contributed by atoms with E-state index in [-0.39, 0.29) is 11.9 Å². The van der Waals surface area contributed by atoms with Crippen molar-refractivity contribution < 1.29 is 4.79 Å². The van der Waals surface area contributed by atoms with Crippen molar-refractivity contribution in [2.24, 2.45) is 0 Å². The number of fused-ring (bicyclic) bond motifs is 1. The van der Waals surface area contributed by atoms with E-state index in [0.717, 1.165) is 48.3 Å². The van der Waals surface area contributed by atoms with Crippen LogP contribution in [0.15, 0.2) is 54.9 Å². The fourth-order valence-corrected chi connectivity index (χ4v) is 4.53. The van der Waals surface area contributed by atoms with E-state index >= 15 is 0 Å². The molecule has 0 radical (unpaired) electrons. The SMILES string of the molecule is CC(C)N1CCN(C(=O)c2ccc(Nc3cc(-c4ccc5nnn(C(C)C)c5c4)ccn3)nc2)CC1. The van der Waals surface area contributed by atoms with Crippen LogP contribution in [0.5, 0.6) is 0 Å². The van der Waals surface area contributed by atoms with Gasteiger partial charge >= 0.3 is 0 Å². The Labute approximate surface area is 211 Å². The normalized spacial score (nSPS) is 14.7. The lowest BCUT2D eigenvalue weighted by molar-refractivity contribution is 0.0595. The number of benzene rings is 1. The molecule has 0 saturated carbocycles. The highest BCUT2D eigenvalue weighted by Gasteiger charge is 2.23. The molecule has 4 heterocycles. The Morgan fingerprint density at radius 3 is 2.33 bits per heavy atom. The van der Waals surface area contributed by atoms with Crippen LogP contribution in [0.25, 0.3) is 22.2 Å². The van der Waals surface area contributed by atoms with Crippen molar-refractivity contribution >= 4 is 28.6 Å². The van der Waals surface area contributed by atoms with E-state index in [1.54, 1.807) is 12.4 Å². The molecule has 1 aliphatic rings. The van der Waals surface area contributed by atoms with Crippen LogP contribution < -0.4 is 5.32 Å². The van der Waals surface area contributed by atoms with Crippen LogP contribution in [0.2, 0.25) is 0 Å². The third-order valence-electron chi connectivity index (χ3n) is 6.65. The van der Waals surface area contributed by atoms with Crippen LogP contribution in [0.1, 0.15) is 44.1 Å². The number of anilines is 2. The molecule has 36 heavy (non-hydrogen) atoms. The Morgan fingerprint density at radius 2 is 1.64 bits per heavy atom. The van der Waals surface area contributed by atoms with Crippen LogP contribution in [0.4, 0.5) is 11.6 Å². The van der Waals surface area contributed by atoms with Gasteiger partial charge in [0.1, 0.15) is 17.2 Å². The first-order valence-electron chi connectivity index (χ1n) is 12.5. The molecule has 9 heteroatoms. The van der Waals surface area contributed by atoms with E-state index in [0.29, 0.717) is 23.2 Å². The molecule has 0 atom stereocenters. The van der Waals surface area contributed by atoms with Gasteiger partial charge in [0.05, 0.1) is 11.1 Å². The monoisotopic (exact) mass is 484 g/mol. The third-order valence-corrected chi connectivity index (χ3v) is 6.65. The molecule has 5 rings (SSSR count). The quantitative estimate of drug-likeness (QED) is 0.434. The minimum absolute atomic E-state index is 0.0306. The standard InChI is InChI=1S/C27H32N8O/c1-18(2)33-11-13-34(14-12-33)27(36)22-6-8-25(29-17-22)30-26-16-21(9-10-28-26)20-5-7-23-24(15-20)35(19(3)4)32-31-23/h5-10,15-19H,11-14H2,1-4H3,(H,28,29,30). The number of hydrogen-bond acceptors (Lipinski definition) is 7. The lowest BCUT2D eigenvalue weighted by Gasteiger charge is -2.36. The molecule has 1 aromatic carbocycles. The van der Waals surface area contributed by atoms with Gasteiger partial charge in [-0.25, -0.2) is 14.6 Å². The largest absolute Gasteiger partial charge is 0.336 e. The van der Waals surface area contributed by atoms with Crippen molar-refractivity contribution in [3.8, 4) is 11.1 Å². The second-order valence-corrected chi connectivity index (χ2v) is 9.74. The fourth-order valence-electron chi connectivity index (χ4n) is 4.53. The third kappa shape index (κ3) is 4.92. The van der Waals surface area contributed by atoms with E-state index in [1.807, 2.05) is 46.0 Å². The predicted octanol–water partition coefficient (Wildman–Crippen LogP) is 4.38. The molecule has 1 saturated heterocycles. The van der Waals surface area contributed by atoms with Gasteiger partial charge in [0, 0.05) is 50.7 Å². The minimum atomic E-state index is 0.0306. The van der Waals surface area contributed by atoms with Crippen LogP contribution in [-0.2, 0) is 0 Å². The zero-order valence-corrected chi connectivity index (χ0v) is 21.2. The summed E-state index contributed by atoms with van der Waals surface area (Å²) in [6.07, 6.45) is 3.41. The number of piperazine rings is 1. The van der Waals surface area contributed by atoms with E-state index < -0.39 is 0 Å². The zero-order chi connectivity index (χ0) is 25.2. The number of aromatic nitrogens is 5. The van der Waals surface area contributed by atoms with Crippen molar-refractivity contribution in [1.82, 2.24) is 34.8 Å². The molecule has 1 N–H and O–H groups in total. The average molecular weight is 485 g/mol. The zero-order valence-electron chi connectivity index (χ0n) is 21.2. The van der Waals surface area contributed by atoms with Crippen LogP contribution >= 0.6 is 0 Å².